The van der Waals surface area contributed by atoms with Crippen LogP contribution in [0.3, 0.4) is 0 Å². The molecule has 2 aromatic carbocycles. The Labute approximate surface area is 136 Å². The van der Waals surface area contributed by atoms with E-state index >= 15 is 0 Å². The van der Waals surface area contributed by atoms with Crippen molar-refractivity contribution in [3.8, 4) is 28.6 Å². The Bertz CT molecular complexity index is 937. The number of hydrogen-bond donors (Lipinski definition) is 0. The zero-order valence-corrected chi connectivity index (χ0v) is 12.5. The molecule has 1 heterocycles. The number of benzene rings is 2. The minimum Gasteiger partial charge on any atom is -0.236 e. The summed E-state index contributed by atoms with van der Waals surface area (Å²) in [5, 5.41) is 8.67. The topological polar surface area (TPSA) is 49.6 Å². The molecule has 1 aromatic heterocycles. The van der Waals surface area contributed by atoms with Crippen LogP contribution in [0.2, 0.25) is 0 Å². The van der Waals surface area contributed by atoms with Crippen LogP contribution in [-0.4, -0.2) is 9.97 Å². The molecule has 0 unspecified atom stereocenters. The SMILES string of the molecule is Cc1ccc(-c2cnc(-c3cc(F)c(C#N)c(F)c3)nc2)c(F)c1. The Kier molecular flexibility index (Phi) is 4.00. The Morgan fingerprint density at radius 2 is 1.50 bits per heavy atom. The third-order valence-corrected chi connectivity index (χ3v) is 3.50. The van der Waals surface area contributed by atoms with Crippen LogP contribution in [0.4, 0.5) is 13.2 Å². The molecule has 3 rings (SSSR count). The Morgan fingerprint density at radius 1 is 0.875 bits per heavy atom. The van der Waals surface area contributed by atoms with Gasteiger partial charge in [0.2, 0.25) is 0 Å². The van der Waals surface area contributed by atoms with Gasteiger partial charge in [-0.1, -0.05) is 12.1 Å². The maximum absolute atomic E-state index is 14.0. The largest absolute Gasteiger partial charge is 0.236 e. The van der Waals surface area contributed by atoms with Crippen molar-refractivity contribution in [2.45, 2.75) is 6.92 Å². The van der Waals surface area contributed by atoms with Gasteiger partial charge in [-0.25, -0.2) is 23.1 Å². The van der Waals surface area contributed by atoms with Gasteiger partial charge in [0, 0.05) is 29.1 Å². The van der Waals surface area contributed by atoms with Gasteiger partial charge in [0.05, 0.1) is 0 Å². The van der Waals surface area contributed by atoms with Gasteiger partial charge in [0.25, 0.3) is 0 Å². The highest BCUT2D eigenvalue weighted by atomic mass is 19.1. The summed E-state index contributed by atoms with van der Waals surface area (Å²) in [5.41, 5.74) is 1.02. The van der Waals surface area contributed by atoms with Crippen molar-refractivity contribution in [3.63, 3.8) is 0 Å². The van der Waals surface area contributed by atoms with Crippen LogP contribution in [0.5, 0.6) is 0 Å². The van der Waals surface area contributed by atoms with E-state index in [1.54, 1.807) is 19.1 Å². The van der Waals surface area contributed by atoms with E-state index in [9.17, 15) is 13.2 Å². The zero-order chi connectivity index (χ0) is 17.3. The zero-order valence-electron chi connectivity index (χ0n) is 12.5. The molecule has 0 aliphatic heterocycles. The van der Waals surface area contributed by atoms with Crippen molar-refractivity contribution in [2.75, 3.05) is 0 Å². The predicted molar refractivity (Wildman–Crippen MR) is 82.2 cm³/mol. The maximum atomic E-state index is 14.0. The number of halogens is 3. The van der Waals surface area contributed by atoms with Gasteiger partial charge in [0.1, 0.15) is 29.1 Å². The van der Waals surface area contributed by atoms with Gasteiger partial charge in [-0.05, 0) is 30.7 Å². The van der Waals surface area contributed by atoms with Crippen LogP contribution >= 0.6 is 0 Å². The quantitative estimate of drug-likeness (QED) is 0.701. The molecule has 0 spiro atoms. The van der Waals surface area contributed by atoms with Gasteiger partial charge in [-0.3, -0.25) is 0 Å². The fourth-order valence-electron chi connectivity index (χ4n) is 2.28. The second-order valence-electron chi connectivity index (χ2n) is 5.21. The third-order valence-electron chi connectivity index (χ3n) is 3.50. The Morgan fingerprint density at radius 3 is 2.04 bits per heavy atom. The molecule has 0 aliphatic carbocycles. The molecule has 0 N–H and O–H groups in total. The van der Waals surface area contributed by atoms with E-state index in [0.717, 1.165) is 17.7 Å². The van der Waals surface area contributed by atoms with Crippen molar-refractivity contribution in [2.24, 2.45) is 0 Å². The van der Waals surface area contributed by atoms with Crippen LogP contribution in [0, 0.1) is 35.7 Å². The highest BCUT2D eigenvalue weighted by Gasteiger charge is 2.13. The summed E-state index contributed by atoms with van der Waals surface area (Å²) >= 11 is 0. The summed E-state index contributed by atoms with van der Waals surface area (Å²) in [7, 11) is 0. The van der Waals surface area contributed by atoms with Crippen molar-refractivity contribution in [1.29, 1.82) is 5.26 Å². The molecule has 0 amide bonds. The molecule has 24 heavy (non-hydrogen) atoms. The van der Waals surface area contributed by atoms with Gasteiger partial charge in [-0.15, -0.1) is 0 Å². The van der Waals surface area contributed by atoms with Crippen LogP contribution in [-0.2, 0) is 0 Å². The monoisotopic (exact) mass is 325 g/mol. The fraction of sp³-hybridized carbons (Fsp3) is 0.0556. The van der Waals surface area contributed by atoms with E-state index in [0.29, 0.717) is 11.1 Å². The summed E-state index contributed by atoms with van der Waals surface area (Å²) < 4.78 is 41.3. The molecule has 0 fully saturated rings. The van der Waals surface area contributed by atoms with E-state index in [2.05, 4.69) is 9.97 Å². The lowest BCUT2D eigenvalue weighted by Gasteiger charge is -2.06. The molecule has 0 radical (unpaired) electrons. The van der Waals surface area contributed by atoms with Crippen molar-refractivity contribution in [1.82, 2.24) is 9.97 Å². The molecule has 0 bridgehead atoms. The van der Waals surface area contributed by atoms with Gasteiger partial charge in [0.15, 0.2) is 5.82 Å². The molecular formula is C18H10F3N3. The van der Waals surface area contributed by atoms with E-state index in [1.807, 2.05) is 0 Å². The second-order valence-corrected chi connectivity index (χ2v) is 5.21. The lowest BCUT2D eigenvalue weighted by molar-refractivity contribution is 0.577. The first-order valence-corrected chi connectivity index (χ1v) is 6.97. The molecule has 0 saturated heterocycles. The van der Waals surface area contributed by atoms with Crippen molar-refractivity contribution >= 4 is 0 Å². The summed E-state index contributed by atoms with van der Waals surface area (Å²) in [6.07, 6.45) is 2.76. The Hall–Kier alpha value is -3.20. The van der Waals surface area contributed by atoms with Crippen molar-refractivity contribution in [3.05, 3.63) is 71.3 Å². The van der Waals surface area contributed by atoms with Gasteiger partial charge >= 0.3 is 0 Å². The Balaban J connectivity index is 2.00. The first kappa shape index (κ1) is 15.7. The first-order chi connectivity index (χ1) is 11.5. The molecule has 6 heteroatoms. The first-order valence-electron chi connectivity index (χ1n) is 6.97. The minimum atomic E-state index is -0.982. The second kappa shape index (κ2) is 6.13. The molecule has 0 aliphatic rings. The number of nitrogens with zero attached hydrogens (tertiary/aromatic N) is 3. The summed E-state index contributed by atoms with van der Waals surface area (Å²) in [6.45, 7) is 1.78. The third kappa shape index (κ3) is 2.84. The minimum absolute atomic E-state index is 0.0774. The number of aromatic nitrogens is 2. The molecule has 118 valence electrons. The molecule has 0 atom stereocenters. The lowest BCUT2D eigenvalue weighted by atomic mass is 10.1. The average molecular weight is 325 g/mol. The number of hydrogen-bond acceptors (Lipinski definition) is 3. The van der Waals surface area contributed by atoms with Crippen LogP contribution in [0.25, 0.3) is 22.5 Å². The molecule has 3 aromatic rings. The fourth-order valence-corrected chi connectivity index (χ4v) is 2.28. The van der Waals surface area contributed by atoms with Crippen LogP contribution in [0.1, 0.15) is 11.1 Å². The normalized spacial score (nSPS) is 10.5. The standard InChI is InChI=1S/C18H10F3N3/c1-10-2-3-13(15(19)4-10)12-8-23-18(24-9-12)11-5-16(20)14(7-22)17(21)6-11/h2-6,8-9H,1H3. The predicted octanol–water partition coefficient (Wildman–Crippen LogP) is 4.41. The maximum Gasteiger partial charge on any atom is 0.159 e. The molecular weight excluding hydrogens is 315 g/mol. The van der Waals surface area contributed by atoms with Crippen LogP contribution < -0.4 is 0 Å². The van der Waals surface area contributed by atoms with E-state index in [-0.39, 0.29) is 11.4 Å². The smallest absolute Gasteiger partial charge is 0.159 e. The van der Waals surface area contributed by atoms with Gasteiger partial charge < -0.3 is 0 Å². The number of rotatable bonds is 2. The van der Waals surface area contributed by atoms with E-state index in [4.69, 9.17) is 5.26 Å². The number of nitriles is 1. The summed E-state index contributed by atoms with van der Waals surface area (Å²) in [4.78, 5) is 8.07. The molecule has 0 saturated carbocycles. The average Bonchev–Trinajstić information content (AvgIpc) is 2.55. The highest BCUT2D eigenvalue weighted by molar-refractivity contribution is 5.65. The number of aryl methyl sites for hydroxylation is 1. The van der Waals surface area contributed by atoms with E-state index < -0.39 is 23.0 Å². The van der Waals surface area contributed by atoms with Crippen LogP contribution in [0.15, 0.2) is 42.7 Å². The van der Waals surface area contributed by atoms with Crippen molar-refractivity contribution < 1.29 is 13.2 Å². The lowest BCUT2D eigenvalue weighted by Crippen LogP contribution is -1.96. The van der Waals surface area contributed by atoms with Gasteiger partial charge in [-0.2, -0.15) is 5.26 Å². The summed E-state index contributed by atoms with van der Waals surface area (Å²) in [6, 6.07) is 8.20. The highest BCUT2D eigenvalue weighted by Crippen LogP contribution is 2.25. The van der Waals surface area contributed by atoms with E-state index in [1.165, 1.54) is 24.5 Å². The summed E-state index contributed by atoms with van der Waals surface area (Å²) in [5.74, 6) is -2.29. The molecule has 3 nitrogen and oxygen atoms in total.